The van der Waals surface area contributed by atoms with Crippen molar-refractivity contribution in [1.82, 2.24) is 19.7 Å². The molecular formula is C21H22N4O2. The SMILES string of the molecule is O=C(c1ccc(-n2cncn2)cc1)N1CCC(C(O)c2ccccc2)CC1. The van der Waals surface area contributed by atoms with E-state index in [0.717, 1.165) is 24.1 Å². The zero-order chi connectivity index (χ0) is 18.6. The number of aliphatic hydroxyl groups is 1. The molecule has 1 aliphatic heterocycles. The second-order valence-corrected chi connectivity index (χ2v) is 6.87. The number of carbonyl (C=O) groups excluding carboxylic acids is 1. The molecule has 3 aromatic rings. The van der Waals surface area contributed by atoms with Crippen LogP contribution in [0.15, 0.2) is 67.3 Å². The Morgan fingerprint density at radius 2 is 1.74 bits per heavy atom. The van der Waals surface area contributed by atoms with Crippen LogP contribution in [-0.2, 0) is 0 Å². The summed E-state index contributed by atoms with van der Waals surface area (Å²) >= 11 is 0. The maximum Gasteiger partial charge on any atom is 0.253 e. The average molecular weight is 362 g/mol. The van der Waals surface area contributed by atoms with E-state index in [9.17, 15) is 9.90 Å². The Hall–Kier alpha value is -2.99. The molecule has 0 radical (unpaired) electrons. The lowest BCUT2D eigenvalue weighted by molar-refractivity contribution is 0.0462. The van der Waals surface area contributed by atoms with E-state index >= 15 is 0 Å². The van der Waals surface area contributed by atoms with E-state index in [-0.39, 0.29) is 11.8 Å². The van der Waals surface area contributed by atoms with E-state index in [1.54, 1.807) is 11.0 Å². The Kier molecular flexibility index (Phi) is 4.98. The number of amides is 1. The summed E-state index contributed by atoms with van der Waals surface area (Å²) in [7, 11) is 0. The Labute approximate surface area is 158 Å². The van der Waals surface area contributed by atoms with Gasteiger partial charge in [0.2, 0.25) is 0 Å². The number of aliphatic hydroxyl groups excluding tert-OH is 1. The van der Waals surface area contributed by atoms with Crippen molar-refractivity contribution in [2.75, 3.05) is 13.1 Å². The van der Waals surface area contributed by atoms with E-state index in [0.29, 0.717) is 18.7 Å². The smallest absolute Gasteiger partial charge is 0.253 e. The van der Waals surface area contributed by atoms with Gasteiger partial charge in [-0.25, -0.2) is 9.67 Å². The molecule has 1 saturated heterocycles. The molecule has 1 atom stereocenters. The lowest BCUT2D eigenvalue weighted by atomic mass is 9.87. The van der Waals surface area contributed by atoms with Gasteiger partial charge in [0.1, 0.15) is 12.7 Å². The maximum absolute atomic E-state index is 12.8. The molecule has 1 aromatic heterocycles. The van der Waals surface area contributed by atoms with Gasteiger partial charge in [-0.15, -0.1) is 0 Å². The molecule has 0 saturated carbocycles. The number of hydrogen-bond acceptors (Lipinski definition) is 4. The third kappa shape index (κ3) is 3.75. The Bertz CT molecular complexity index is 870. The van der Waals surface area contributed by atoms with Crippen LogP contribution in [0.1, 0.15) is 34.9 Å². The van der Waals surface area contributed by atoms with Crippen LogP contribution >= 0.6 is 0 Å². The largest absolute Gasteiger partial charge is 0.388 e. The molecule has 1 N–H and O–H groups in total. The fourth-order valence-electron chi connectivity index (χ4n) is 3.62. The molecule has 0 spiro atoms. The van der Waals surface area contributed by atoms with E-state index in [1.165, 1.54) is 6.33 Å². The van der Waals surface area contributed by atoms with Gasteiger partial charge in [-0.1, -0.05) is 30.3 Å². The molecular weight excluding hydrogens is 340 g/mol. The summed E-state index contributed by atoms with van der Waals surface area (Å²) in [5.74, 6) is 0.221. The molecule has 138 valence electrons. The summed E-state index contributed by atoms with van der Waals surface area (Å²) in [6, 6.07) is 17.1. The van der Waals surface area contributed by atoms with Crippen molar-refractivity contribution >= 4 is 5.91 Å². The van der Waals surface area contributed by atoms with Crippen molar-refractivity contribution in [3.8, 4) is 5.69 Å². The van der Waals surface area contributed by atoms with Crippen molar-refractivity contribution in [3.05, 3.63) is 78.4 Å². The van der Waals surface area contributed by atoms with Crippen molar-refractivity contribution in [2.45, 2.75) is 18.9 Å². The van der Waals surface area contributed by atoms with Gasteiger partial charge in [0.15, 0.2) is 0 Å². The van der Waals surface area contributed by atoms with E-state index in [4.69, 9.17) is 0 Å². The zero-order valence-corrected chi connectivity index (χ0v) is 15.0. The summed E-state index contributed by atoms with van der Waals surface area (Å²) in [6.45, 7) is 1.33. The second kappa shape index (κ2) is 7.72. The topological polar surface area (TPSA) is 71.2 Å². The molecule has 6 heteroatoms. The fourth-order valence-corrected chi connectivity index (χ4v) is 3.62. The molecule has 1 fully saturated rings. The summed E-state index contributed by atoms with van der Waals surface area (Å²) in [5.41, 5.74) is 2.49. The van der Waals surface area contributed by atoms with Gasteiger partial charge in [-0.2, -0.15) is 5.10 Å². The van der Waals surface area contributed by atoms with Crippen LogP contribution in [0.4, 0.5) is 0 Å². The molecule has 1 aliphatic rings. The van der Waals surface area contributed by atoms with Crippen LogP contribution in [0.2, 0.25) is 0 Å². The number of carbonyl (C=O) groups is 1. The van der Waals surface area contributed by atoms with Crippen LogP contribution in [0.5, 0.6) is 0 Å². The number of rotatable bonds is 4. The molecule has 1 amide bonds. The Morgan fingerprint density at radius 3 is 2.37 bits per heavy atom. The summed E-state index contributed by atoms with van der Waals surface area (Å²) in [5, 5.41) is 14.7. The van der Waals surface area contributed by atoms with Gasteiger partial charge >= 0.3 is 0 Å². The number of piperidine rings is 1. The molecule has 6 nitrogen and oxygen atoms in total. The molecule has 0 aliphatic carbocycles. The van der Waals surface area contributed by atoms with Crippen LogP contribution in [0.3, 0.4) is 0 Å². The van der Waals surface area contributed by atoms with Gasteiger partial charge in [0.05, 0.1) is 11.8 Å². The standard InChI is InChI=1S/C21H22N4O2/c26-20(16-4-2-1-3-5-16)17-10-12-24(13-11-17)21(27)18-6-8-19(9-7-18)25-15-22-14-23-25/h1-9,14-15,17,20,26H,10-13H2. The minimum absolute atomic E-state index is 0.0350. The number of likely N-dealkylation sites (tertiary alicyclic amines) is 1. The van der Waals surface area contributed by atoms with Gasteiger partial charge < -0.3 is 10.0 Å². The number of nitrogens with zero attached hydrogens (tertiary/aromatic N) is 4. The van der Waals surface area contributed by atoms with E-state index < -0.39 is 6.10 Å². The lowest BCUT2D eigenvalue weighted by Gasteiger charge is -2.34. The van der Waals surface area contributed by atoms with Crippen LogP contribution in [-0.4, -0.2) is 43.8 Å². The predicted molar refractivity (Wildman–Crippen MR) is 101 cm³/mol. The quantitative estimate of drug-likeness (QED) is 0.775. The summed E-state index contributed by atoms with van der Waals surface area (Å²) in [4.78, 5) is 18.6. The molecule has 0 bridgehead atoms. The molecule has 2 heterocycles. The average Bonchev–Trinajstić information content (AvgIpc) is 3.28. The van der Waals surface area contributed by atoms with Crippen molar-refractivity contribution in [3.63, 3.8) is 0 Å². The van der Waals surface area contributed by atoms with E-state index in [1.807, 2.05) is 59.5 Å². The first-order valence-electron chi connectivity index (χ1n) is 9.20. The first kappa shape index (κ1) is 17.4. The Morgan fingerprint density at radius 1 is 1.04 bits per heavy atom. The number of hydrogen-bond donors (Lipinski definition) is 1. The number of benzene rings is 2. The van der Waals surface area contributed by atoms with Crippen LogP contribution in [0, 0.1) is 5.92 Å². The first-order chi connectivity index (χ1) is 13.2. The first-order valence-corrected chi connectivity index (χ1v) is 9.20. The lowest BCUT2D eigenvalue weighted by Crippen LogP contribution is -2.39. The number of aromatic nitrogens is 3. The molecule has 27 heavy (non-hydrogen) atoms. The maximum atomic E-state index is 12.8. The van der Waals surface area contributed by atoms with Gasteiger partial charge in [0.25, 0.3) is 5.91 Å². The normalized spacial score (nSPS) is 16.3. The van der Waals surface area contributed by atoms with E-state index in [2.05, 4.69) is 10.1 Å². The van der Waals surface area contributed by atoms with Crippen molar-refractivity contribution < 1.29 is 9.90 Å². The third-order valence-electron chi connectivity index (χ3n) is 5.21. The molecule has 1 unspecified atom stereocenters. The van der Waals surface area contributed by atoms with Crippen molar-refractivity contribution in [1.29, 1.82) is 0 Å². The highest BCUT2D eigenvalue weighted by atomic mass is 16.3. The van der Waals surface area contributed by atoms with Crippen LogP contribution < -0.4 is 0 Å². The minimum atomic E-state index is -0.467. The summed E-state index contributed by atoms with van der Waals surface area (Å²) < 4.78 is 1.66. The van der Waals surface area contributed by atoms with Crippen molar-refractivity contribution in [2.24, 2.45) is 5.92 Å². The Balaban J connectivity index is 1.37. The highest BCUT2D eigenvalue weighted by molar-refractivity contribution is 5.94. The third-order valence-corrected chi connectivity index (χ3v) is 5.21. The zero-order valence-electron chi connectivity index (χ0n) is 15.0. The highest BCUT2D eigenvalue weighted by Crippen LogP contribution is 2.31. The monoisotopic (exact) mass is 362 g/mol. The second-order valence-electron chi connectivity index (χ2n) is 6.87. The van der Waals surface area contributed by atoms with Gasteiger partial charge in [0, 0.05) is 18.7 Å². The molecule has 4 rings (SSSR count). The van der Waals surface area contributed by atoms with Gasteiger partial charge in [-0.3, -0.25) is 4.79 Å². The minimum Gasteiger partial charge on any atom is -0.388 e. The predicted octanol–water partition coefficient (Wildman–Crippen LogP) is 2.85. The summed E-state index contributed by atoms with van der Waals surface area (Å²) in [6.07, 6.45) is 4.25. The van der Waals surface area contributed by atoms with Gasteiger partial charge in [-0.05, 0) is 48.6 Å². The fraction of sp³-hybridized carbons (Fsp3) is 0.286. The van der Waals surface area contributed by atoms with Crippen LogP contribution in [0.25, 0.3) is 5.69 Å². The molecule has 2 aromatic carbocycles. The highest BCUT2D eigenvalue weighted by Gasteiger charge is 2.28.